The number of carbonyl (C=O) groups excluding carboxylic acids is 1. The molecular formula is C23H32N4O. The first-order valence-corrected chi connectivity index (χ1v) is 9.85. The van der Waals surface area contributed by atoms with Crippen molar-refractivity contribution < 1.29 is 4.79 Å². The van der Waals surface area contributed by atoms with Gasteiger partial charge in [0.05, 0.1) is 0 Å². The number of benzene rings is 2. The molecule has 0 heterocycles. The first-order chi connectivity index (χ1) is 13.5. The van der Waals surface area contributed by atoms with E-state index in [1.54, 1.807) is 14.1 Å². The van der Waals surface area contributed by atoms with Gasteiger partial charge in [0.2, 0.25) is 0 Å². The Balaban J connectivity index is 1.87. The Kier molecular flexibility index (Phi) is 8.53. The van der Waals surface area contributed by atoms with Gasteiger partial charge in [-0.25, -0.2) is 0 Å². The molecule has 0 aliphatic carbocycles. The number of rotatable bonds is 8. The van der Waals surface area contributed by atoms with Gasteiger partial charge in [0.15, 0.2) is 5.96 Å². The summed E-state index contributed by atoms with van der Waals surface area (Å²) in [6.07, 6.45) is 0.817. The quantitative estimate of drug-likeness (QED) is 0.487. The molecular weight excluding hydrogens is 348 g/mol. The molecule has 0 radical (unpaired) electrons. The number of hydrogen-bond acceptors (Lipinski definition) is 2. The Labute approximate surface area is 168 Å². The van der Waals surface area contributed by atoms with E-state index in [9.17, 15) is 4.79 Å². The smallest absolute Gasteiger partial charge is 0.251 e. The number of aliphatic imine (C=N–C) groups is 1. The molecule has 5 nitrogen and oxygen atoms in total. The van der Waals surface area contributed by atoms with Crippen LogP contribution in [0.15, 0.2) is 59.6 Å². The second kappa shape index (κ2) is 11.1. The van der Waals surface area contributed by atoms with Crippen LogP contribution in [0, 0.1) is 5.92 Å². The largest absolute Gasteiger partial charge is 0.356 e. The van der Waals surface area contributed by atoms with Crippen LogP contribution in [0.2, 0.25) is 0 Å². The molecule has 0 aliphatic rings. The maximum atomic E-state index is 11.8. The molecule has 28 heavy (non-hydrogen) atoms. The van der Waals surface area contributed by atoms with Crippen molar-refractivity contribution >= 4 is 11.9 Å². The second-order valence-electron chi connectivity index (χ2n) is 7.17. The molecule has 150 valence electrons. The van der Waals surface area contributed by atoms with Crippen LogP contribution in [0.4, 0.5) is 0 Å². The molecule has 0 saturated carbocycles. The lowest BCUT2D eigenvalue weighted by molar-refractivity contribution is 0.0963. The molecule has 1 unspecified atom stereocenters. The highest BCUT2D eigenvalue weighted by Crippen LogP contribution is 2.23. The van der Waals surface area contributed by atoms with E-state index in [-0.39, 0.29) is 5.91 Å². The summed E-state index contributed by atoms with van der Waals surface area (Å²) in [5.41, 5.74) is 3.14. The van der Waals surface area contributed by atoms with Crippen molar-refractivity contribution in [3.63, 3.8) is 0 Å². The topological polar surface area (TPSA) is 65.5 Å². The van der Waals surface area contributed by atoms with Crippen LogP contribution in [0.25, 0.3) is 0 Å². The maximum absolute atomic E-state index is 11.8. The normalized spacial score (nSPS) is 12.5. The maximum Gasteiger partial charge on any atom is 0.251 e. The van der Waals surface area contributed by atoms with E-state index in [0.29, 0.717) is 17.4 Å². The molecule has 0 saturated heterocycles. The summed E-state index contributed by atoms with van der Waals surface area (Å²) in [4.78, 5) is 16.1. The summed E-state index contributed by atoms with van der Waals surface area (Å²) in [6, 6.07) is 18.3. The fourth-order valence-electron chi connectivity index (χ4n) is 3.20. The van der Waals surface area contributed by atoms with Crippen molar-refractivity contribution in [1.29, 1.82) is 0 Å². The Morgan fingerprint density at radius 2 is 1.79 bits per heavy atom. The zero-order valence-electron chi connectivity index (χ0n) is 17.3. The summed E-state index contributed by atoms with van der Waals surface area (Å²) in [7, 11) is 3.43. The van der Waals surface area contributed by atoms with Crippen molar-refractivity contribution in [2.24, 2.45) is 10.9 Å². The van der Waals surface area contributed by atoms with Crippen molar-refractivity contribution in [3.8, 4) is 0 Å². The van der Waals surface area contributed by atoms with Gasteiger partial charge in [0.1, 0.15) is 0 Å². The summed E-state index contributed by atoms with van der Waals surface area (Å²) in [5.74, 6) is 1.68. The van der Waals surface area contributed by atoms with Crippen LogP contribution in [0.1, 0.15) is 41.3 Å². The number of carbonyl (C=O) groups is 1. The van der Waals surface area contributed by atoms with E-state index in [0.717, 1.165) is 31.0 Å². The molecule has 5 heteroatoms. The van der Waals surface area contributed by atoms with Gasteiger partial charge in [-0.15, -0.1) is 0 Å². The zero-order chi connectivity index (χ0) is 20.4. The van der Waals surface area contributed by atoms with Gasteiger partial charge in [0.25, 0.3) is 5.91 Å². The third kappa shape index (κ3) is 6.41. The molecule has 0 spiro atoms. The van der Waals surface area contributed by atoms with Gasteiger partial charge in [-0.1, -0.05) is 56.3 Å². The molecule has 0 aromatic heterocycles. The van der Waals surface area contributed by atoms with E-state index >= 15 is 0 Å². The van der Waals surface area contributed by atoms with E-state index in [1.165, 1.54) is 5.56 Å². The fraction of sp³-hybridized carbons (Fsp3) is 0.391. The van der Waals surface area contributed by atoms with Gasteiger partial charge >= 0.3 is 0 Å². The monoisotopic (exact) mass is 380 g/mol. The van der Waals surface area contributed by atoms with E-state index in [1.807, 2.05) is 30.3 Å². The molecule has 0 aliphatic heterocycles. The fourth-order valence-corrected chi connectivity index (χ4v) is 3.20. The van der Waals surface area contributed by atoms with Crippen LogP contribution in [-0.2, 0) is 6.42 Å². The Hall–Kier alpha value is -2.82. The SMILES string of the molecule is CN=C(NCCc1cccc(C(=O)NC)c1)NCC(c1ccccc1)C(C)C. The van der Waals surface area contributed by atoms with Gasteiger partial charge in [-0.05, 0) is 35.6 Å². The number of guanidine groups is 1. The second-order valence-corrected chi connectivity index (χ2v) is 7.17. The third-order valence-electron chi connectivity index (χ3n) is 4.87. The third-order valence-corrected chi connectivity index (χ3v) is 4.87. The van der Waals surface area contributed by atoms with Crippen LogP contribution >= 0.6 is 0 Å². The molecule has 0 bridgehead atoms. The molecule has 2 rings (SSSR count). The van der Waals surface area contributed by atoms with Crippen molar-refractivity contribution in [3.05, 3.63) is 71.3 Å². The average Bonchev–Trinajstić information content (AvgIpc) is 2.72. The average molecular weight is 381 g/mol. The van der Waals surface area contributed by atoms with Gasteiger partial charge in [-0.2, -0.15) is 0 Å². The molecule has 0 fully saturated rings. The number of nitrogens with one attached hydrogen (secondary N) is 3. The first kappa shape index (κ1) is 21.5. The zero-order valence-corrected chi connectivity index (χ0v) is 17.3. The van der Waals surface area contributed by atoms with Gasteiger partial charge < -0.3 is 16.0 Å². The van der Waals surface area contributed by atoms with Crippen molar-refractivity contribution in [2.75, 3.05) is 27.2 Å². The summed E-state index contributed by atoms with van der Waals surface area (Å²) in [6.45, 7) is 6.06. The van der Waals surface area contributed by atoms with Gasteiger partial charge in [0, 0.05) is 38.7 Å². The minimum absolute atomic E-state index is 0.0621. The molecule has 1 amide bonds. The predicted octanol–water partition coefficient (Wildman–Crippen LogP) is 3.19. The summed E-state index contributed by atoms with van der Waals surface area (Å²) < 4.78 is 0. The number of amides is 1. The predicted molar refractivity (Wildman–Crippen MR) is 117 cm³/mol. The lowest BCUT2D eigenvalue weighted by atomic mass is 9.88. The molecule has 3 N–H and O–H groups in total. The highest BCUT2D eigenvalue weighted by Gasteiger charge is 2.16. The number of hydrogen-bond donors (Lipinski definition) is 3. The standard InChI is InChI=1S/C23H32N4O/c1-17(2)21(19-10-6-5-7-11-19)16-27-23(25-4)26-14-13-18-9-8-12-20(15-18)22(28)24-3/h5-12,15,17,21H,13-14,16H2,1-4H3,(H,24,28)(H2,25,26,27). The van der Waals surface area contributed by atoms with E-state index in [4.69, 9.17) is 0 Å². The van der Waals surface area contributed by atoms with Crippen LogP contribution in [0.3, 0.4) is 0 Å². The Bertz CT molecular complexity index is 771. The molecule has 2 aromatic rings. The molecule has 2 aromatic carbocycles. The van der Waals surface area contributed by atoms with Crippen LogP contribution in [0.5, 0.6) is 0 Å². The van der Waals surface area contributed by atoms with Crippen LogP contribution in [-0.4, -0.2) is 39.1 Å². The minimum Gasteiger partial charge on any atom is -0.356 e. The van der Waals surface area contributed by atoms with E-state index in [2.05, 4.69) is 59.1 Å². The lowest BCUT2D eigenvalue weighted by Gasteiger charge is -2.23. The highest BCUT2D eigenvalue weighted by atomic mass is 16.1. The lowest BCUT2D eigenvalue weighted by Crippen LogP contribution is -2.40. The number of nitrogens with zero attached hydrogens (tertiary/aromatic N) is 1. The first-order valence-electron chi connectivity index (χ1n) is 9.85. The van der Waals surface area contributed by atoms with Crippen molar-refractivity contribution in [2.45, 2.75) is 26.2 Å². The minimum atomic E-state index is -0.0621. The van der Waals surface area contributed by atoms with Gasteiger partial charge in [-0.3, -0.25) is 9.79 Å². The Morgan fingerprint density at radius 1 is 1.04 bits per heavy atom. The van der Waals surface area contributed by atoms with E-state index < -0.39 is 0 Å². The highest BCUT2D eigenvalue weighted by molar-refractivity contribution is 5.94. The summed E-state index contributed by atoms with van der Waals surface area (Å²) >= 11 is 0. The van der Waals surface area contributed by atoms with Crippen molar-refractivity contribution in [1.82, 2.24) is 16.0 Å². The summed E-state index contributed by atoms with van der Waals surface area (Å²) in [5, 5.41) is 9.47. The van der Waals surface area contributed by atoms with Crippen LogP contribution < -0.4 is 16.0 Å². The molecule has 1 atom stereocenters. The Morgan fingerprint density at radius 3 is 2.43 bits per heavy atom.